The van der Waals surface area contributed by atoms with E-state index in [2.05, 4.69) is 10.6 Å². The molecule has 5 heteroatoms. The molecule has 1 aliphatic rings. The highest BCUT2D eigenvalue weighted by molar-refractivity contribution is 5.92. The number of carbonyl (C=O) groups is 2. The van der Waals surface area contributed by atoms with Crippen molar-refractivity contribution >= 4 is 11.8 Å². The molecule has 2 unspecified atom stereocenters. The molecule has 4 N–H and O–H groups in total. The maximum atomic E-state index is 12.1. The molecule has 1 fully saturated rings. The summed E-state index contributed by atoms with van der Waals surface area (Å²) in [4.78, 5) is 23.9. The van der Waals surface area contributed by atoms with Gasteiger partial charge in [0.2, 0.25) is 11.8 Å². The Morgan fingerprint density at radius 1 is 1.39 bits per heavy atom. The van der Waals surface area contributed by atoms with Crippen molar-refractivity contribution in [3.05, 3.63) is 0 Å². The number of nitrogens with two attached hydrogens (primary N) is 1. The number of nitrogens with one attached hydrogen (secondary N) is 2. The van der Waals surface area contributed by atoms with E-state index in [1.807, 2.05) is 13.8 Å². The zero-order valence-corrected chi connectivity index (χ0v) is 11.7. The number of carbonyl (C=O) groups excluding carboxylic acids is 2. The van der Waals surface area contributed by atoms with Crippen molar-refractivity contribution in [3.63, 3.8) is 0 Å². The molecule has 0 radical (unpaired) electrons. The minimum absolute atomic E-state index is 0.163. The highest BCUT2D eigenvalue weighted by Crippen LogP contribution is 2.38. The minimum Gasteiger partial charge on any atom is -0.357 e. The smallest absolute Gasteiger partial charge is 0.242 e. The first kappa shape index (κ1) is 15.0. The third-order valence-corrected chi connectivity index (χ3v) is 3.49. The molecule has 1 aliphatic carbocycles. The van der Waals surface area contributed by atoms with Crippen molar-refractivity contribution < 1.29 is 9.59 Å². The van der Waals surface area contributed by atoms with E-state index in [1.165, 1.54) is 0 Å². The van der Waals surface area contributed by atoms with Crippen LogP contribution in [0.25, 0.3) is 0 Å². The van der Waals surface area contributed by atoms with E-state index in [1.54, 1.807) is 14.0 Å². The summed E-state index contributed by atoms with van der Waals surface area (Å²) in [6, 6.07) is -0.496. The fourth-order valence-corrected chi connectivity index (χ4v) is 2.06. The summed E-state index contributed by atoms with van der Waals surface area (Å²) in [5, 5.41) is 5.36. The van der Waals surface area contributed by atoms with E-state index in [0.717, 1.165) is 12.8 Å². The summed E-state index contributed by atoms with van der Waals surface area (Å²) in [6.07, 6.45) is 2.61. The zero-order chi connectivity index (χ0) is 13.9. The molecule has 0 bridgehead atoms. The van der Waals surface area contributed by atoms with E-state index in [4.69, 9.17) is 5.73 Å². The largest absolute Gasteiger partial charge is 0.357 e. The lowest BCUT2D eigenvalue weighted by Gasteiger charge is -2.27. The van der Waals surface area contributed by atoms with Gasteiger partial charge in [0.05, 0.1) is 5.54 Å². The second-order valence-electron chi connectivity index (χ2n) is 5.83. The lowest BCUT2D eigenvalue weighted by molar-refractivity contribution is -0.132. The quantitative estimate of drug-likeness (QED) is 0.642. The molecular formula is C13H25N3O2. The van der Waals surface area contributed by atoms with Crippen LogP contribution in [0, 0.1) is 11.8 Å². The second-order valence-corrected chi connectivity index (χ2v) is 5.83. The maximum Gasteiger partial charge on any atom is 0.242 e. The highest BCUT2D eigenvalue weighted by Gasteiger charge is 2.44. The molecule has 1 saturated carbocycles. The van der Waals surface area contributed by atoms with E-state index in [0.29, 0.717) is 12.3 Å². The molecule has 0 heterocycles. The number of amides is 2. The van der Waals surface area contributed by atoms with Crippen LogP contribution < -0.4 is 16.4 Å². The van der Waals surface area contributed by atoms with Crippen molar-refractivity contribution in [1.82, 2.24) is 10.6 Å². The van der Waals surface area contributed by atoms with Crippen LogP contribution in [0.4, 0.5) is 0 Å². The zero-order valence-electron chi connectivity index (χ0n) is 11.7. The molecule has 0 aromatic carbocycles. The van der Waals surface area contributed by atoms with Gasteiger partial charge in [-0.1, -0.05) is 13.8 Å². The molecular weight excluding hydrogens is 230 g/mol. The van der Waals surface area contributed by atoms with Gasteiger partial charge < -0.3 is 16.4 Å². The fraction of sp³-hybridized carbons (Fsp3) is 0.846. The molecule has 0 spiro atoms. The van der Waals surface area contributed by atoms with Crippen LogP contribution in [0.15, 0.2) is 0 Å². The summed E-state index contributed by atoms with van der Waals surface area (Å²) in [5.41, 5.74) is 5.18. The predicted molar refractivity (Wildman–Crippen MR) is 70.8 cm³/mol. The standard InChI is InChI=1S/C13H25N3O2/c1-8(2)7-10(11(17)15-4)16-12(18)13(3,14)9-5-6-9/h8-10H,5-7,14H2,1-4H3,(H,15,17)(H,16,18). The van der Waals surface area contributed by atoms with E-state index in [9.17, 15) is 9.59 Å². The summed E-state index contributed by atoms with van der Waals surface area (Å²) in [6.45, 7) is 5.78. The van der Waals surface area contributed by atoms with Gasteiger partial charge in [0.15, 0.2) is 0 Å². The Labute approximate surface area is 109 Å². The van der Waals surface area contributed by atoms with Crippen LogP contribution in [0.2, 0.25) is 0 Å². The van der Waals surface area contributed by atoms with Gasteiger partial charge in [-0.15, -0.1) is 0 Å². The van der Waals surface area contributed by atoms with Crippen LogP contribution >= 0.6 is 0 Å². The van der Waals surface area contributed by atoms with Crippen LogP contribution in [0.5, 0.6) is 0 Å². The van der Waals surface area contributed by atoms with Crippen molar-refractivity contribution in [1.29, 1.82) is 0 Å². The van der Waals surface area contributed by atoms with Crippen molar-refractivity contribution in [3.8, 4) is 0 Å². The third-order valence-electron chi connectivity index (χ3n) is 3.49. The number of hydrogen-bond acceptors (Lipinski definition) is 3. The normalized spacial score (nSPS) is 20.1. The summed E-state index contributed by atoms with van der Waals surface area (Å²) < 4.78 is 0. The molecule has 2 atom stereocenters. The molecule has 0 saturated heterocycles. The molecule has 0 aromatic rings. The maximum absolute atomic E-state index is 12.1. The average Bonchev–Trinajstić information content (AvgIpc) is 3.10. The van der Waals surface area contributed by atoms with Crippen molar-refractivity contribution in [2.24, 2.45) is 17.6 Å². The lowest BCUT2D eigenvalue weighted by atomic mass is 9.94. The molecule has 1 rings (SSSR count). The Morgan fingerprint density at radius 2 is 1.94 bits per heavy atom. The number of rotatable bonds is 6. The van der Waals surface area contributed by atoms with Gasteiger partial charge in [-0.25, -0.2) is 0 Å². The summed E-state index contributed by atoms with van der Waals surface area (Å²) in [5.74, 6) is 0.197. The highest BCUT2D eigenvalue weighted by atomic mass is 16.2. The second kappa shape index (κ2) is 5.69. The van der Waals surface area contributed by atoms with Gasteiger partial charge in [-0.3, -0.25) is 9.59 Å². The van der Waals surface area contributed by atoms with Crippen LogP contribution in [-0.4, -0.2) is 30.4 Å². The van der Waals surface area contributed by atoms with E-state index >= 15 is 0 Å². The summed E-state index contributed by atoms with van der Waals surface area (Å²) >= 11 is 0. The van der Waals surface area contributed by atoms with Gasteiger partial charge in [-0.2, -0.15) is 0 Å². The topological polar surface area (TPSA) is 84.2 Å². The van der Waals surface area contributed by atoms with Crippen LogP contribution in [0.1, 0.15) is 40.0 Å². The van der Waals surface area contributed by atoms with E-state index < -0.39 is 11.6 Å². The van der Waals surface area contributed by atoms with Crippen molar-refractivity contribution in [2.45, 2.75) is 51.6 Å². The van der Waals surface area contributed by atoms with E-state index in [-0.39, 0.29) is 17.7 Å². The van der Waals surface area contributed by atoms with Gasteiger partial charge in [0.25, 0.3) is 0 Å². The predicted octanol–water partition coefficient (Wildman–Crippen LogP) is 0.391. The Balaban J connectivity index is 2.64. The first-order chi connectivity index (χ1) is 8.28. The molecule has 5 nitrogen and oxygen atoms in total. The third kappa shape index (κ3) is 3.70. The Morgan fingerprint density at radius 3 is 2.33 bits per heavy atom. The van der Waals surface area contributed by atoms with Crippen LogP contribution in [-0.2, 0) is 9.59 Å². The summed E-state index contributed by atoms with van der Waals surface area (Å²) in [7, 11) is 1.57. The first-order valence-electron chi connectivity index (χ1n) is 6.60. The molecule has 0 aliphatic heterocycles. The van der Waals surface area contributed by atoms with Gasteiger partial charge in [-0.05, 0) is 38.0 Å². The monoisotopic (exact) mass is 255 g/mol. The molecule has 2 amide bonds. The number of hydrogen-bond donors (Lipinski definition) is 3. The van der Waals surface area contributed by atoms with Gasteiger partial charge >= 0.3 is 0 Å². The fourth-order valence-electron chi connectivity index (χ4n) is 2.06. The Kier molecular flexibility index (Phi) is 4.73. The SMILES string of the molecule is CNC(=O)C(CC(C)C)NC(=O)C(C)(N)C1CC1. The Hall–Kier alpha value is -1.10. The van der Waals surface area contributed by atoms with Crippen LogP contribution in [0.3, 0.4) is 0 Å². The minimum atomic E-state index is -0.858. The molecule has 0 aromatic heterocycles. The van der Waals surface area contributed by atoms with Gasteiger partial charge in [0, 0.05) is 7.05 Å². The molecule has 104 valence electrons. The average molecular weight is 255 g/mol. The van der Waals surface area contributed by atoms with Gasteiger partial charge in [0.1, 0.15) is 6.04 Å². The van der Waals surface area contributed by atoms with Crippen molar-refractivity contribution in [2.75, 3.05) is 7.05 Å². The molecule has 18 heavy (non-hydrogen) atoms. The first-order valence-corrected chi connectivity index (χ1v) is 6.60. The Bertz CT molecular complexity index is 322. The number of likely N-dealkylation sites (N-methyl/N-ethyl adjacent to an activating group) is 1. The lowest BCUT2D eigenvalue weighted by Crippen LogP contribution is -2.58.